The molecule has 5 heteroatoms. The van der Waals surface area contributed by atoms with Crippen molar-refractivity contribution >= 4 is 12.4 Å². The van der Waals surface area contributed by atoms with Crippen molar-refractivity contribution in [3.8, 4) is 0 Å². The molecule has 1 aliphatic heterocycles. The van der Waals surface area contributed by atoms with Crippen LogP contribution in [0.1, 0.15) is 25.7 Å². The first-order valence-corrected chi connectivity index (χ1v) is 5.38. The summed E-state index contributed by atoms with van der Waals surface area (Å²) in [6.45, 7) is 2.30. The van der Waals surface area contributed by atoms with Crippen LogP contribution < -0.4 is 5.73 Å². The highest BCUT2D eigenvalue weighted by Gasteiger charge is 2.51. The monoisotopic (exact) mass is 240 g/mol. The van der Waals surface area contributed by atoms with Crippen LogP contribution >= 0.6 is 12.4 Å². The molecule has 0 unspecified atom stereocenters. The molecule has 1 saturated heterocycles. The zero-order valence-electron chi connectivity index (χ0n) is 8.79. The van der Waals surface area contributed by atoms with Gasteiger partial charge in [0.05, 0.1) is 0 Å². The van der Waals surface area contributed by atoms with E-state index in [1.807, 2.05) is 0 Å². The third kappa shape index (κ3) is 3.02. The average molecular weight is 241 g/mol. The van der Waals surface area contributed by atoms with E-state index in [1.165, 1.54) is 0 Å². The fourth-order valence-corrected chi connectivity index (χ4v) is 2.29. The normalized spacial score (nSPS) is 30.0. The molecule has 15 heavy (non-hydrogen) atoms. The average Bonchev–Trinajstić information content (AvgIpc) is 2.85. The summed E-state index contributed by atoms with van der Waals surface area (Å²) in [4.78, 5) is 2.12. The van der Waals surface area contributed by atoms with Gasteiger partial charge in [0.2, 0.25) is 6.43 Å². The van der Waals surface area contributed by atoms with Gasteiger partial charge in [-0.05, 0) is 32.2 Å². The molecule has 1 saturated carbocycles. The fraction of sp³-hybridized carbons (Fsp3) is 1.00. The summed E-state index contributed by atoms with van der Waals surface area (Å²) < 4.78 is 25.3. The van der Waals surface area contributed by atoms with Gasteiger partial charge in [-0.1, -0.05) is 0 Å². The molecule has 0 bridgehead atoms. The molecule has 2 rings (SSSR count). The van der Waals surface area contributed by atoms with Crippen molar-refractivity contribution in [1.29, 1.82) is 0 Å². The summed E-state index contributed by atoms with van der Waals surface area (Å²) in [5, 5.41) is 0. The first-order chi connectivity index (χ1) is 6.62. The Bertz CT molecular complexity index is 210. The molecule has 2 N–H and O–H groups in total. The van der Waals surface area contributed by atoms with Gasteiger partial charge in [-0.2, -0.15) is 0 Å². The number of nitrogens with zero attached hydrogens (tertiary/aromatic N) is 1. The Morgan fingerprint density at radius 1 is 1.40 bits per heavy atom. The van der Waals surface area contributed by atoms with E-state index in [0.29, 0.717) is 19.4 Å². The van der Waals surface area contributed by atoms with Crippen molar-refractivity contribution in [2.45, 2.75) is 38.2 Å². The molecule has 1 heterocycles. The molecule has 0 aromatic heterocycles. The van der Waals surface area contributed by atoms with Crippen LogP contribution in [0.3, 0.4) is 0 Å². The lowest BCUT2D eigenvalue weighted by Gasteiger charge is -2.33. The molecular weight excluding hydrogens is 222 g/mol. The highest BCUT2D eigenvalue weighted by atomic mass is 35.5. The van der Waals surface area contributed by atoms with Crippen LogP contribution in [0, 0.1) is 5.41 Å². The molecule has 0 aromatic carbocycles. The number of likely N-dealkylation sites (tertiary alicyclic amines) is 1. The Morgan fingerprint density at radius 2 is 2.07 bits per heavy atom. The molecule has 0 radical (unpaired) electrons. The van der Waals surface area contributed by atoms with E-state index >= 15 is 0 Å². The minimum Gasteiger partial charge on any atom is -0.327 e. The second kappa shape index (κ2) is 4.93. The third-order valence-electron chi connectivity index (χ3n) is 3.44. The van der Waals surface area contributed by atoms with E-state index in [9.17, 15) is 8.78 Å². The number of halogens is 3. The van der Waals surface area contributed by atoms with Crippen LogP contribution in [0.5, 0.6) is 0 Å². The largest absolute Gasteiger partial charge is 0.327 e. The lowest BCUT2D eigenvalue weighted by atomic mass is 10.0. The van der Waals surface area contributed by atoms with E-state index < -0.39 is 11.8 Å². The van der Waals surface area contributed by atoms with E-state index in [-0.39, 0.29) is 18.4 Å². The van der Waals surface area contributed by atoms with Crippen molar-refractivity contribution in [3.63, 3.8) is 0 Å². The molecule has 2 aliphatic rings. The summed E-state index contributed by atoms with van der Waals surface area (Å²) in [6, 6.07) is 0.192. The van der Waals surface area contributed by atoms with E-state index in [1.54, 1.807) is 0 Å². The van der Waals surface area contributed by atoms with Crippen molar-refractivity contribution in [2.24, 2.45) is 11.1 Å². The van der Waals surface area contributed by atoms with Crippen molar-refractivity contribution in [3.05, 3.63) is 0 Å². The Balaban J connectivity index is 0.00000112. The Hall–Kier alpha value is 0.0700. The summed E-state index contributed by atoms with van der Waals surface area (Å²) >= 11 is 0. The molecule has 0 amide bonds. The van der Waals surface area contributed by atoms with Crippen molar-refractivity contribution < 1.29 is 8.78 Å². The Labute approximate surface area is 95.6 Å². The van der Waals surface area contributed by atoms with Gasteiger partial charge in [0.25, 0.3) is 0 Å². The van der Waals surface area contributed by atoms with Crippen LogP contribution in [0.2, 0.25) is 0 Å². The molecule has 0 spiro atoms. The van der Waals surface area contributed by atoms with Gasteiger partial charge in [0.15, 0.2) is 0 Å². The maximum absolute atomic E-state index is 12.7. The van der Waals surface area contributed by atoms with Gasteiger partial charge in [0, 0.05) is 24.5 Å². The van der Waals surface area contributed by atoms with Gasteiger partial charge in [0.1, 0.15) is 0 Å². The summed E-state index contributed by atoms with van der Waals surface area (Å²) in [7, 11) is 0. The minimum absolute atomic E-state index is 0. The molecule has 2 fully saturated rings. The van der Waals surface area contributed by atoms with Crippen LogP contribution in [0.4, 0.5) is 8.78 Å². The maximum atomic E-state index is 12.7. The van der Waals surface area contributed by atoms with E-state index in [2.05, 4.69) is 4.90 Å². The number of rotatable bonds is 3. The number of piperidine rings is 1. The minimum atomic E-state index is -2.15. The number of hydrogen-bond donors (Lipinski definition) is 1. The molecule has 90 valence electrons. The Kier molecular flexibility index (Phi) is 4.32. The summed E-state index contributed by atoms with van der Waals surface area (Å²) in [6.07, 6.45) is 1.33. The van der Waals surface area contributed by atoms with Crippen molar-refractivity contribution in [2.75, 3.05) is 19.6 Å². The van der Waals surface area contributed by atoms with Crippen LogP contribution in [0.15, 0.2) is 0 Å². The van der Waals surface area contributed by atoms with Crippen molar-refractivity contribution in [1.82, 2.24) is 4.90 Å². The first-order valence-electron chi connectivity index (χ1n) is 5.38. The maximum Gasteiger partial charge on any atom is 0.245 e. The third-order valence-corrected chi connectivity index (χ3v) is 3.44. The number of alkyl halides is 2. The first kappa shape index (κ1) is 13.1. The topological polar surface area (TPSA) is 29.3 Å². The highest BCUT2D eigenvalue weighted by Crippen LogP contribution is 2.51. The highest BCUT2D eigenvalue weighted by molar-refractivity contribution is 5.85. The van der Waals surface area contributed by atoms with Gasteiger partial charge < -0.3 is 10.6 Å². The molecule has 0 aromatic rings. The molecule has 1 aliphatic carbocycles. The predicted octanol–water partition coefficient (Wildman–Crippen LogP) is 1.88. The molecule has 1 atom stereocenters. The number of nitrogens with two attached hydrogens (primary N) is 1. The van der Waals surface area contributed by atoms with E-state index in [0.717, 1.165) is 25.9 Å². The lowest BCUT2D eigenvalue weighted by Crippen LogP contribution is -2.46. The summed E-state index contributed by atoms with van der Waals surface area (Å²) in [5.74, 6) is 0. The van der Waals surface area contributed by atoms with Gasteiger partial charge in [-0.15, -0.1) is 12.4 Å². The Morgan fingerprint density at radius 3 is 2.53 bits per heavy atom. The second-order valence-electron chi connectivity index (χ2n) is 4.80. The smallest absolute Gasteiger partial charge is 0.245 e. The summed E-state index contributed by atoms with van der Waals surface area (Å²) in [5.41, 5.74) is 5.14. The SMILES string of the molecule is Cl.N[C@@H]1CCCN(CC2(C(F)F)CC2)C1. The number of hydrogen-bond acceptors (Lipinski definition) is 2. The van der Waals surface area contributed by atoms with Crippen LogP contribution in [-0.4, -0.2) is 37.0 Å². The van der Waals surface area contributed by atoms with Crippen LogP contribution in [0.25, 0.3) is 0 Å². The van der Waals surface area contributed by atoms with Gasteiger partial charge in [-0.25, -0.2) is 8.78 Å². The predicted molar refractivity (Wildman–Crippen MR) is 58.6 cm³/mol. The fourth-order valence-electron chi connectivity index (χ4n) is 2.29. The second-order valence-corrected chi connectivity index (χ2v) is 4.80. The van der Waals surface area contributed by atoms with Gasteiger partial charge >= 0.3 is 0 Å². The molecular formula is C10H19ClF2N2. The zero-order valence-corrected chi connectivity index (χ0v) is 9.61. The quantitative estimate of drug-likeness (QED) is 0.816. The lowest BCUT2D eigenvalue weighted by molar-refractivity contribution is 0.0305. The van der Waals surface area contributed by atoms with Crippen LogP contribution in [-0.2, 0) is 0 Å². The standard InChI is InChI=1S/C10H18F2N2.ClH/c11-9(12)10(3-4-10)7-14-5-1-2-8(13)6-14;/h8-9H,1-7,13H2;1H/t8-;/m1./s1. The van der Waals surface area contributed by atoms with Gasteiger partial charge in [-0.3, -0.25) is 0 Å². The zero-order chi connectivity index (χ0) is 10.2. The van der Waals surface area contributed by atoms with E-state index in [4.69, 9.17) is 5.73 Å². The molecule has 2 nitrogen and oxygen atoms in total.